The van der Waals surface area contributed by atoms with E-state index in [-0.39, 0.29) is 28.0 Å². The van der Waals surface area contributed by atoms with E-state index >= 15 is 0 Å². The number of fused-ring (bicyclic) bond motifs is 2. The molecule has 0 fully saturated rings. The van der Waals surface area contributed by atoms with Crippen molar-refractivity contribution >= 4 is 11.6 Å². The van der Waals surface area contributed by atoms with Crippen molar-refractivity contribution in [1.29, 1.82) is 0 Å². The highest BCUT2D eigenvalue weighted by molar-refractivity contribution is 6.27. The van der Waals surface area contributed by atoms with E-state index in [2.05, 4.69) is 25.9 Å². The van der Waals surface area contributed by atoms with Crippen LogP contribution >= 0.6 is 0 Å². The molecule has 130 valence electrons. The molecule has 0 amide bonds. The minimum Gasteiger partial charge on any atom is -0.288 e. The highest BCUT2D eigenvalue weighted by atomic mass is 16.2. The predicted octanol–water partition coefficient (Wildman–Crippen LogP) is 3.24. The summed E-state index contributed by atoms with van der Waals surface area (Å²) in [6.07, 6.45) is 0. The second-order valence-electron chi connectivity index (χ2n) is 7.50. The van der Waals surface area contributed by atoms with Gasteiger partial charge in [0.05, 0.1) is 5.69 Å². The van der Waals surface area contributed by atoms with Crippen molar-refractivity contribution < 1.29 is 9.59 Å². The van der Waals surface area contributed by atoms with Gasteiger partial charge >= 0.3 is 0 Å². The van der Waals surface area contributed by atoms with Gasteiger partial charge in [0.15, 0.2) is 0 Å². The lowest BCUT2D eigenvalue weighted by Gasteiger charge is -2.19. The molecule has 0 aliphatic heterocycles. The smallest absolute Gasteiger partial charge is 0.283 e. The van der Waals surface area contributed by atoms with E-state index in [4.69, 9.17) is 0 Å². The van der Waals surface area contributed by atoms with E-state index in [1.54, 1.807) is 24.3 Å². The average molecular weight is 346 g/mol. The summed E-state index contributed by atoms with van der Waals surface area (Å²) >= 11 is 0. The highest BCUT2D eigenvalue weighted by Gasteiger charge is 2.34. The van der Waals surface area contributed by atoms with Crippen LogP contribution in [0.3, 0.4) is 0 Å². The molecule has 1 aromatic heterocycles. The SMILES string of the molecule is CC(C)(C)c1ccc(-n2[nH]c3c(c2=O)C(=O)c2ccccc2C3=O)cc1. The van der Waals surface area contributed by atoms with Gasteiger partial charge in [-0.15, -0.1) is 0 Å². The zero-order valence-electron chi connectivity index (χ0n) is 14.8. The number of nitrogens with one attached hydrogen (secondary N) is 1. The lowest BCUT2D eigenvalue weighted by molar-refractivity contribution is 0.0976. The summed E-state index contributed by atoms with van der Waals surface area (Å²) in [5.74, 6) is -0.751. The molecule has 0 saturated carbocycles. The minimum absolute atomic E-state index is 0.00790. The van der Waals surface area contributed by atoms with Gasteiger partial charge in [-0.3, -0.25) is 19.5 Å². The van der Waals surface area contributed by atoms with Crippen molar-refractivity contribution in [2.24, 2.45) is 0 Å². The molecular formula is C21H18N2O3. The van der Waals surface area contributed by atoms with Gasteiger partial charge in [0.1, 0.15) is 11.3 Å². The Hall–Kier alpha value is -3.21. The molecule has 0 unspecified atom stereocenters. The van der Waals surface area contributed by atoms with Crippen molar-refractivity contribution in [2.75, 3.05) is 0 Å². The number of carbonyl (C=O) groups is 2. The zero-order valence-corrected chi connectivity index (χ0v) is 14.8. The Morgan fingerprint density at radius 2 is 1.38 bits per heavy atom. The number of ketones is 2. The van der Waals surface area contributed by atoms with Gasteiger partial charge in [0.2, 0.25) is 11.6 Å². The monoisotopic (exact) mass is 346 g/mol. The Balaban J connectivity index is 1.86. The number of carbonyl (C=O) groups excluding carboxylic acids is 2. The maximum Gasteiger partial charge on any atom is 0.283 e. The van der Waals surface area contributed by atoms with Crippen LogP contribution in [-0.2, 0) is 5.41 Å². The molecule has 5 heteroatoms. The molecule has 0 bridgehead atoms. The van der Waals surface area contributed by atoms with Gasteiger partial charge in [-0.05, 0) is 23.1 Å². The predicted molar refractivity (Wildman–Crippen MR) is 98.4 cm³/mol. The van der Waals surface area contributed by atoms with Crippen LogP contribution in [0.2, 0.25) is 0 Å². The van der Waals surface area contributed by atoms with Crippen LogP contribution in [0.5, 0.6) is 0 Å². The van der Waals surface area contributed by atoms with Crippen molar-refractivity contribution in [2.45, 2.75) is 26.2 Å². The first-order valence-corrected chi connectivity index (χ1v) is 8.43. The Kier molecular flexibility index (Phi) is 3.37. The number of benzene rings is 2. The number of rotatable bonds is 1. The second-order valence-corrected chi connectivity index (χ2v) is 7.50. The summed E-state index contributed by atoms with van der Waals surface area (Å²) in [6, 6.07) is 14.1. The molecule has 1 N–H and O–H groups in total. The first-order chi connectivity index (χ1) is 12.3. The number of hydrogen-bond donors (Lipinski definition) is 1. The normalized spacial score (nSPS) is 13.5. The third-order valence-electron chi connectivity index (χ3n) is 4.75. The first kappa shape index (κ1) is 16.3. The number of aromatic amines is 1. The molecule has 0 atom stereocenters. The number of hydrogen-bond acceptors (Lipinski definition) is 3. The molecule has 0 saturated heterocycles. The van der Waals surface area contributed by atoms with Gasteiger partial charge in [-0.1, -0.05) is 57.2 Å². The van der Waals surface area contributed by atoms with Crippen LogP contribution in [-0.4, -0.2) is 21.3 Å². The number of H-pyrrole nitrogens is 1. The fourth-order valence-corrected chi connectivity index (χ4v) is 3.25. The maximum atomic E-state index is 12.8. The average Bonchev–Trinajstić information content (AvgIpc) is 2.97. The zero-order chi connectivity index (χ0) is 18.6. The van der Waals surface area contributed by atoms with E-state index < -0.39 is 11.3 Å². The van der Waals surface area contributed by atoms with Crippen molar-refractivity contribution in [1.82, 2.24) is 9.78 Å². The van der Waals surface area contributed by atoms with E-state index in [1.165, 1.54) is 4.68 Å². The van der Waals surface area contributed by atoms with E-state index in [0.717, 1.165) is 5.56 Å². The number of aromatic nitrogens is 2. The molecule has 26 heavy (non-hydrogen) atoms. The fourth-order valence-electron chi connectivity index (χ4n) is 3.25. The Labute approximate surface area is 150 Å². The molecular weight excluding hydrogens is 328 g/mol. The third kappa shape index (κ3) is 2.28. The summed E-state index contributed by atoms with van der Waals surface area (Å²) in [5.41, 5.74) is 1.76. The standard InChI is InChI=1S/C21H18N2O3/c1-21(2,3)12-8-10-13(11-9-12)23-20(26)16-17(22-23)19(25)15-7-5-4-6-14(15)18(16)24/h4-11,22H,1-3H3. The van der Waals surface area contributed by atoms with E-state index in [9.17, 15) is 14.4 Å². The Morgan fingerprint density at radius 3 is 1.96 bits per heavy atom. The summed E-state index contributed by atoms with van der Waals surface area (Å²) in [5, 5.41) is 2.83. The number of nitrogens with zero attached hydrogens (tertiary/aromatic N) is 1. The largest absolute Gasteiger partial charge is 0.288 e. The summed E-state index contributed by atoms with van der Waals surface area (Å²) in [7, 11) is 0. The van der Waals surface area contributed by atoms with Crippen LogP contribution in [0.25, 0.3) is 5.69 Å². The lowest BCUT2D eigenvalue weighted by Crippen LogP contribution is -2.26. The first-order valence-electron chi connectivity index (χ1n) is 8.43. The fraction of sp³-hybridized carbons (Fsp3) is 0.190. The second kappa shape index (κ2) is 5.39. The van der Waals surface area contributed by atoms with E-state index in [0.29, 0.717) is 11.3 Å². The molecule has 4 rings (SSSR count). The third-order valence-corrected chi connectivity index (χ3v) is 4.75. The van der Waals surface area contributed by atoms with Gasteiger partial charge in [0, 0.05) is 11.1 Å². The molecule has 1 aliphatic rings. The van der Waals surface area contributed by atoms with Crippen molar-refractivity contribution in [3.05, 3.63) is 86.8 Å². The van der Waals surface area contributed by atoms with Crippen LogP contribution in [0, 0.1) is 0 Å². The van der Waals surface area contributed by atoms with Crippen LogP contribution < -0.4 is 5.56 Å². The van der Waals surface area contributed by atoms with E-state index in [1.807, 2.05) is 24.3 Å². The summed E-state index contributed by atoms with van der Waals surface area (Å²) in [4.78, 5) is 38.2. The molecule has 0 spiro atoms. The molecule has 3 aromatic rings. The summed E-state index contributed by atoms with van der Waals surface area (Å²) in [6.45, 7) is 6.32. The molecule has 2 aromatic carbocycles. The Morgan fingerprint density at radius 1 is 0.808 bits per heavy atom. The van der Waals surface area contributed by atoms with Crippen molar-refractivity contribution in [3.8, 4) is 5.69 Å². The van der Waals surface area contributed by atoms with Crippen LogP contribution in [0.4, 0.5) is 0 Å². The minimum atomic E-state index is -0.503. The van der Waals surface area contributed by atoms with Crippen LogP contribution in [0.1, 0.15) is 58.3 Å². The topological polar surface area (TPSA) is 71.9 Å². The van der Waals surface area contributed by atoms with Crippen molar-refractivity contribution in [3.63, 3.8) is 0 Å². The highest BCUT2D eigenvalue weighted by Crippen LogP contribution is 2.26. The van der Waals surface area contributed by atoms with Gasteiger partial charge in [-0.25, -0.2) is 4.68 Å². The molecule has 1 heterocycles. The van der Waals surface area contributed by atoms with Gasteiger partial charge in [-0.2, -0.15) is 0 Å². The molecule has 1 aliphatic carbocycles. The quantitative estimate of drug-likeness (QED) is 0.575. The van der Waals surface area contributed by atoms with Gasteiger partial charge in [0.25, 0.3) is 5.56 Å². The lowest BCUT2D eigenvalue weighted by atomic mass is 9.87. The van der Waals surface area contributed by atoms with Crippen LogP contribution in [0.15, 0.2) is 53.3 Å². The van der Waals surface area contributed by atoms with Gasteiger partial charge < -0.3 is 0 Å². The maximum absolute atomic E-state index is 12.8. The Bertz CT molecular complexity index is 1110. The molecule has 0 radical (unpaired) electrons. The summed E-state index contributed by atoms with van der Waals surface area (Å²) < 4.78 is 1.26. The molecule has 5 nitrogen and oxygen atoms in total.